The second-order valence-corrected chi connectivity index (χ2v) is 4.34. The van der Waals surface area contributed by atoms with E-state index in [1.807, 2.05) is 0 Å². The highest BCUT2D eigenvalue weighted by Gasteiger charge is 2.31. The summed E-state index contributed by atoms with van der Waals surface area (Å²) in [6.45, 7) is 0. The first-order valence-electron chi connectivity index (χ1n) is 5.20. The summed E-state index contributed by atoms with van der Waals surface area (Å²) >= 11 is 5.93. The van der Waals surface area contributed by atoms with Crippen molar-refractivity contribution in [1.29, 1.82) is 5.26 Å². The summed E-state index contributed by atoms with van der Waals surface area (Å²) in [5.74, 6) is -0.668. The molecule has 0 aromatic heterocycles. The minimum atomic E-state index is -1.08. The Morgan fingerprint density at radius 3 is 2.82 bits per heavy atom. The Morgan fingerprint density at radius 1 is 1.53 bits per heavy atom. The molecular formula is C12H10ClNO3. The number of aromatic carboxylic acids is 1. The standard InChI is InChI=1S/C12H10ClNO3/c13-11-9(12(15)16)2-1-3-10(11)17-8-4-7(5-8)6-14/h1-3,7-8H,4-5H2,(H,15,16). The minimum absolute atomic E-state index is 0.0281. The molecule has 4 nitrogen and oxygen atoms in total. The van der Waals surface area contributed by atoms with E-state index in [0.29, 0.717) is 18.6 Å². The average molecular weight is 252 g/mol. The fraction of sp³-hybridized carbons (Fsp3) is 0.333. The van der Waals surface area contributed by atoms with E-state index >= 15 is 0 Å². The van der Waals surface area contributed by atoms with Gasteiger partial charge in [0, 0.05) is 12.8 Å². The number of hydrogen-bond acceptors (Lipinski definition) is 3. The molecule has 1 N–H and O–H groups in total. The van der Waals surface area contributed by atoms with Crippen LogP contribution >= 0.6 is 11.6 Å². The number of rotatable bonds is 3. The normalized spacial score (nSPS) is 22.4. The van der Waals surface area contributed by atoms with E-state index in [1.165, 1.54) is 6.07 Å². The third kappa shape index (κ3) is 2.34. The van der Waals surface area contributed by atoms with Gasteiger partial charge in [0.1, 0.15) is 11.9 Å². The molecule has 0 unspecified atom stereocenters. The Kier molecular flexibility index (Phi) is 3.21. The van der Waals surface area contributed by atoms with Crippen molar-refractivity contribution in [1.82, 2.24) is 0 Å². The van der Waals surface area contributed by atoms with Crippen LogP contribution in [0.3, 0.4) is 0 Å². The van der Waals surface area contributed by atoms with Gasteiger partial charge in [-0.2, -0.15) is 5.26 Å². The SMILES string of the molecule is N#CC1CC(Oc2cccc(C(=O)O)c2Cl)C1. The molecule has 0 saturated heterocycles. The molecule has 0 bridgehead atoms. The number of nitriles is 1. The van der Waals surface area contributed by atoms with Crippen LogP contribution in [0.1, 0.15) is 23.2 Å². The van der Waals surface area contributed by atoms with E-state index in [0.717, 1.165) is 0 Å². The van der Waals surface area contributed by atoms with Crippen LogP contribution in [0, 0.1) is 17.2 Å². The van der Waals surface area contributed by atoms with Crippen LogP contribution in [-0.4, -0.2) is 17.2 Å². The smallest absolute Gasteiger partial charge is 0.337 e. The fourth-order valence-corrected chi connectivity index (χ4v) is 1.97. The van der Waals surface area contributed by atoms with Crippen molar-refractivity contribution in [2.45, 2.75) is 18.9 Å². The largest absolute Gasteiger partial charge is 0.489 e. The van der Waals surface area contributed by atoms with Gasteiger partial charge in [-0.15, -0.1) is 0 Å². The van der Waals surface area contributed by atoms with Crippen molar-refractivity contribution >= 4 is 17.6 Å². The van der Waals surface area contributed by atoms with Gasteiger partial charge in [-0.1, -0.05) is 17.7 Å². The maximum absolute atomic E-state index is 10.9. The van der Waals surface area contributed by atoms with Crippen LogP contribution in [0.15, 0.2) is 18.2 Å². The lowest BCUT2D eigenvalue weighted by Gasteiger charge is -2.31. The van der Waals surface area contributed by atoms with Gasteiger partial charge in [-0.25, -0.2) is 4.79 Å². The summed E-state index contributed by atoms with van der Waals surface area (Å²) in [5.41, 5.74) is 0.0281. The molecule has 5 heteroatoms. The number of ether oxygens (including phenoxy) is 1. The van der Waals surface area contributed by atoms with E-state index in [-0.39, 0.29) is 22.6 Å². The number of hydrogen-bond donors (Lipinski definition) is 1. The van der Waals surface area contributed by atoms with E-state index in [1.54, 1.807) is 12.1 Å². The van der Waals surface area contributed by atoms with E-state index in [4.69, 9.17) is 26.7 Å². The predicted octanol–water partition coefficient (Wildman–Crippen LogP) is 2.72. The van der Waals surface area contributed by atoms with Crippen molar-refractivity contribution in [2.24, 2.45) is 5.92 Å². The molecule has 0 amide bonds. The number of halogens is 1. The lowest BCUT2D eigenvalue weighted by atomic mass is 9.83. The van der Waals surface area contributed by atoms with Gasteiger partial charge < -0.3 is 9.84 Å². The summed E-state index contributed by atoms with van der Waals surface area (Å²) in [4.78, 5) is 10.9. The van der Waals surface area contributed by atoms with Gasteiger partial charge >= 0.3 is 5.97 Å². The molecule has 17 heavy (non-hydrogen) atoms. The second kappa shape index (κ2) is 4.64. The van der Waals surface area contributed by atoms with Gasteiger partial charge in [0.05, 0.1) is 22.6 Å². The Hall–Kier alpha value is -1.73. The zero-order valence-electron chi connectivity index (χ0n) is 8.89. The van der Waals surface area contributed by atoms with Crippen LogP contribution in [-0.2, 0) is 0 Å². The minimum Gasteiger partial charge on any atom is -0.489 e. The quantitative estimate of drug-likeness (QED) is 0.897. The lowest BCUT2D eigenvalue weighted by molar-refractivity contribution is 0.0692. The highest BCUT2D eigenvalue weighted by atomic mass is 35.5. The summed E-state index contributed by atoms with van der Waals surface area (Å²) in [7, 11) is 0. The third-order valence-corrected chi connectivity index (χ3v) is 3.15. The first-order chi connectivity index (χ1) is 8.11. The van der Waals surface area contributed by atoms with Gasteiger partial charge in [0.2, 0.25) is 0 Å². The Bertz CT molecular complexity index is 489. The molecule has 1 saturated carbocycles. The summed E-state index contributed by atoms with van der Waals surface area (Å²) in [6.07, 6.45) is 1.30. The molecule has 2 rings (SSSR count). The number of carbonyl (C=O) groups is 1. The number of nitrogens with zero attached hydrogens (tertiary/aromatic N) is 1. The zero-order chi connectivity index (χ0) is 12.4. The van der Waals surface area contributed by atoms with E-state index < -0.39 is 5.97 Å². The summed E-state index contributed by atoms with van der Waals surface area (Å²) in [6, 6.07) is 6.80. The highest BCUT2D eigenvalue weighted by molar-refractivity contribution is 6.34. The van der Waals surface area contributed by atoms with Gasteiger partial charge in [-0.05, 0) is 12.1 Å². The summed E-state index contributed by atoms with van der Waals surface area (Å²) in [5, 5.41) is 17.6. The van der Waals surface area contributed by atoms with Crippen molar-refractivity contribution in [3.05, 3.63) is 28.8 Å². The summed E-state index contributed by atoms with van der Waals surface area (Å²) < 4.78 is 5.56. The molecule has 1 aliphatic rings. The first-order valence-corrected chi connectivity index (χ1v) is 5.57. The highest BCUT2D eigenvalue weighted by Crippen LogP contribution is 2.35. The molecule has 0 radical (unpaired) electrons. The fourth-order valence-electron chi connectivity index (χ4n) is 1.71. The monoisotopic (exact) mass is 251 g/mol. The Balaban J connectivity index is 2.10. The molecule has 1 aliphatic carbocycles. The van der Waals surface area contributed by atoms with Crippen LogP contribution in [0.4, 0.5) is 0 Å². The number of carboxylic acids is 1. The molecule has 1 aromatic carbocycles. The van der Waals surface area contributed by atoms with E-state index in [9.17, 15) is 4.79 Å². The van der Waals surface area contributed by atoms with Gasteiger partial charge in [0.25, 0.3) is 0 Å². The first kappa shape index (κ1) is 11.7. The molecule has 0 spiro atoms. The molecular weight excluding hydrogens is 242 g/mol. The van der Waals surface area contributed by atoms with Crippen molar-refractivity contribution in [2.75, 3.05) is 0 Å². The Labute approximate surface area is 103 Å². The topological polar surface area (TPSA) is 70.3 Å². The molecule has 0 atom stereocenters. The maximum Gasteiger partial charge on any atom is 0.337 e. The third-order valence-electron chi connectivity index (χ3n) is 2.76. The zero-order valence-corrected chi connectivity index (χ0v) is 9.65. The van der Waals surface area contributed by atoms with Crippen LogP contribution in [0.2, 0.25) is 5.02 Å². The molecule has 0 aliphatic heterocycles. The van der Waals surface area contributed by atoms with Gasteiger partial charge in [0.15, 0.2) is 0 Å². The maximum atomic E-state index is 10.9. The second-order valence-electron chi connectivity index (χ2n) is 3.96. The van der Waals surface area contributed by atoms with Crippen LogP contribution in [0.25, 0.3) is 0 Å². The van der Waals surface area contributed by atoms with Crippen LogP contribution < -0.4 is 4.74 Å². The number of carboxylic acid groups (broad SMARTS) is 1. The Morgan fingerprint density at radius 2 is 2.24 bits per heavy atom. The van der Waals surface area contributed by atoms with Crippen molar-refractivity contribution in [3.8, 4) is 11.8 Å². The van der Waals surface area contributed by atoms with Crippen molar-refractivity contribution in [3.63, 3.8) is 0 Å². The number of benzene rings is 1. The van der Waals surface area contributed by atoms with Gasteiger partial charge in [-0.3, -0.25) is 0 Å². The van der Waals surface area contributed by atoms with E-state index in [2.05, 4.69) is 6.07 Å². The molecule has 88 valence electrons. The molecule has 1 fully saturated rings. The predicted molar refractivity (Wildman–Crippen MR) is 61.2 cm³/mol. The molecule has 0 heterocycles. The van der Waals surface area contributed by atoms with Crippen LogP contribution in [0.5, 0.6) is 5.75 Å². The molecule has 1 aromatic rings. The average Bonchev–Trinajstić information content (AvgIpc) is 2.24. The lowest BCUT2D eigenvalue weighted by Crippen LogP contribution is -2.32. The van der Waals surface area contributed by atoms with Crippen molar-refractivity contribution < 1.29 is 14.6 Å².